The van der Waals surface area contributed by atoms with Crippen LogP contribution < -0.4 is 5.32 Å². The molecule has 1 aromatic rings. The second-order valence-corrected chi connectivity index (χ2v) is 5.28. The van der Waals surface area contributed by atoms with E-state index in [1.165, 1.54) is 7.11 Å². The molecule has 0 spiro atoms. The zero-order chi connectivity index (χ0) is 14.4. The summed E-state index contributed by atoms with van der Waals surface area (Å²) >= 11 is 0. The van der Waals surface area contributed by atoms with Crippen molar-refractivity contribution in [3.05, 3.63) is 35.9 Å². The minimum atomic E-state index is -0.145. The number of ether oxygens (including phenoxy) is 1. The molecule has 0 aromatic heterocycles. The van der Waals surface area contributed by atoms with Crippen LogP contribution in [-0.4, -0.2) is 19.0 Å². The Labute approximate surface area is 119 Å². The predicted molar refractivity (Wildman–Crippen MR) is 75.8 cm³/mol. The van der Waals surface area contributed by atoms with Gasteiger partial charge in [0, 0.05) is 12.5 Å². The Balaban J connectivity index is 1.76. The third kappa shape index (κ3) is 3.83. The van der Waals surface area contributed by atoms with E-state index in [1.54, 1.807) is 0 Å². The van der Waals surface area contributed by atoms with Crippen molar-refractivity contribution in [1.82, 2.24) is 5.32 Å². The zero-order valence-corrected chi connectivity index (χ0v) is 11.8. The van der Waals surface area contributed by atoms with Crippen LogP contribution >= 0.6 is 0 Å². The van der Waals surface area contributed by atoms with Gasteiger partial charge in [0.25, 0.3) is 0 Å². The maximum atomic E-state index is 12.1. The Hall–Kier alpha value is -1.84. The Morgan fingerprint density at radius 3 is 2.30 bits per heavy atom. The summed E-state index contributed by atoms with van der Waals surface area (Å²) < 4.78 is 4.75. The normalized spacial score (nSPS) is 22.1. The summed E-state index contributed by atoms with van der Waals surface area (Å²) in [4.78, 5) is 23.5. The Morgan fingerprint density at radius 2 is 1.70 bits per heavy atom. The van der Waals surface area contributed by atoms with Crippen LogP contribution in [0, 0.1) is 11.8 Å². The molecule has 0 saturated heterocycles. The minimum absolute atomic E-state index is 0.0274. The average Bonchev–Trinajstić information content (AvgIpc) is 2.53. The molecule has 1 amide bonds. The standard InChI is InChI=1S/C16H21NO3/c1-20-16(19)14-9-7-13(8-10-14)15(18)17-11-12-5-3-2-4-6-12/h2-6,13-14H,7-11H2,1H3,(H,17,18). The highest BCUT2D eigenvalue weighted by atomic mass is 16.5. The third-order valence-corrected chi connectivity index (χ3v) is 3.94. The van der Waals surface area contributed by atoms with Crippen molar-refractivity contribution in [3.63, 3.8) is 0 Å². The number of rotatable bonds is 4. The fraction of sp³-hybridized carbons (Fsp3) is 0.500. The molecule has 0 radical (unpaired) electrons. The molecule has 1 saturated carbocycles. The van der Waals surface area contributed by atoms with Crippen LogP contribution in [0.5, 0.6) is 0 Å². The molecule has 4 heteroatoms. The van der Waals surface area contributed by atoms with E-state index in [9.17, 15) is 9.59 Å². The molecule has 0 aliphatic heterocycles. The highest BCUT2D eigenvalue weighted by Gasteiger charge is 2.30. The highest BCUT2D eigenvalue weighted by molar-refractivity contribution is 5.79. The first-order valence-corrected chi connectivity index (χ1v) is 7.10. The number of esters is 1. The first-order valence-electron chi connectivity index (χ1n) is 7.10. The maximum absolute atomic E-state index is 12.1. The summed E-state index contributed by atoms with van der Waals surface area (Å²) in [6, 6.07) is 9.87. The van der Waals surface area contributed by atoms with Gasteiger partial charge >= 0.3 is 5.97 Å². The van der Waals surface area contributed by atoms with Gasteiger partial charge in [-0.2, -0.15) is 0 Å². The van der Waals surface area contributed by atoms with Crippen molar-refractivity contribution in [1.29, 1.82) is 0 Å². The summed E-state index contributed by atoms with van der Waals surface area (Å²) in [6.45, 7) is 0.566. The van der Waals surface area contributed by atoms with Crippen molar-refractivity contribution < 1.29 is 14.3 Å². The van der Waals surface area contributed by atoms with E-state index in [1.807, 2.05) is 30.3 Å². The topological polar surface area (TPSA) is 55.4 Å². The predicted octanol–water partition coefficient (Wildman–Crippen LogP) is 2.28. The largest absolute Gasteiger partial charge is 0.469 e. The monoisotopic (exact) mass is 275 g/mol. The van der Waals surface area contributed by atoms with Crippen LogP contribution in [0.25, 0.3) is 0 Å². The van der Waals surface area contributed by atoms with Gasteiger partial charge in [-0.3, -0.25) is 9.59 Å². The van der Waals surface area contributed by atoms with Crippen molar-refractivity contribution in [2.75, 3.05) is 7.11 Å². The molecule has 2 rings (SSSR count). The van der Waals surface area contributed by atoms with Gasteiger partial charge in [-0.05, 0) is 31.2 Å². The summed E-state index contributed by atoms with van der Waals surface area (Å²) in [7, 11) is 1.42. The molecular weight excluding hydrogens is 254 g/mol. The lowest BCUT2D eigenvalue weighted by Gasteiger charge is -2.26. The fourth-order valence-electron chi connectivity index (χ4n) is 2.69. The summed E-state index contributed by atoms with van der Waals surface area (Å²) in [5, 5.41) is 2.97. The minimum Gasteiger partial charge on any atom is -0.469 e. The quantitative estimate of drug-likeness (QED) is 0.858. The number of benzene rings is 1. The third-order valence-electron chi connectivity index (χ3n) is 3.94. The van der Waals surface area contributed by atoms with Gasteiger partial charge < -0.3 is 10.1 Å². The summed E-state index contributed by atoms with van der Waals surface area (Å²) in [5.74, 6) is -0.0527. The van der Waals surface area contributed by atoms with Crippen molar-refractivity contribution >= 4 is 11.9 Å². The number of hydrogen-bond acceptors (Lipinski definition) is 3. The smallest absolute Gasteiger partial charge is 0.308 e. The molecule has 4 nitrogen and oxygen atoms in total. The molecule has 0 atom stereocenters. The van der Waals surface area contributed by atoms with Crippen LogP contribution in [0.15, 0.2) is 30.3 Å². The zero-order valence-electron chi connectivity index (χ0n) is 11.8. The lowest BCUT2D eigenvalue weighted by molar-refractivity contribution is -0.147. The molecule has 0 heterocycles. The SMILES string of the molecule is COC(=O)C1CCC(C(=O)NCc2ccccc2)CC1. The molecule has 1 aliphatic rings. The molecule has 20 heavy (non-hydrogen) atoms. The van der Waals surface area contributed by atoms with Crippen molar-refractivity contribution in [2.45, 2.75) is 32.2 Å². The van der Waals surface area contributed by atoms with E-state index in [0.29, 0.717) is 6.54 Å². The number of carbonyl (C=O) groups excluding carboxylic acids is 2. The fourth-order valence-corrected chi connectivity index (χ4v) is 2.69. The molecule has 1 aliphatic carbocycles. The molecule has 108 valence electrons. The second-order valence-electron chi connectivity index (χ2n) is 5.28. The van der Waals surface area contributed by atoms with Gasteiger partial charge in [0.05, 0.1) is 13.0 Å². The Bertz CT molecular complexity index is 450. The van der Waals surface area contributed by atoms with Gasteiger partial charge in [0.1, 0.15) is 0 Å². The highest BCUT2D eigenvalue weighted by Crippen LogP contribution is 2.29. The number of amides is 1. The van der Waals surface area contributed by atoms with E-state index in [2.05, 4.69) is 5.32 Å². The lowest BCUT2D eigenvalue weighted by atomic mass is 9.81. The van der Waals surface area contributed by atoms with E-state index < -0.39 is 0 Å². The Morgan fingerprint density at radius 1 is 1.10 bits per heavy atom. The number of methoxy groups -OCH3 is 1. The van der Waals surface area contributed by atoms with E-state index >= 15 is 0 Å². The van der Waals surface area contributed by atoms with Gasteiger partial charge in [0.2, 0.25) is 5.91 Å². The molecule has 1 N–H and O–H groups in total. The van der Waals surface area contributed by atoms with E-state index in [0.717, 1.165) is 31.2 Å². The van der Waals surface area contributed by atoms with E-state index in [-0.39, 0.29) is 23.7 Å². The van der Waals surface area contributed by atoms with Crippen molar-refractivity contribution in [3.8, 4) is 0 Å². The lowest BCUT2D eigenvalue weighted by Crippen LogP contribution is -2.34. The molecule has 1 fully saturated rings. The van der Waals surface area contributed by atoms with Crippen LogP contribution in [0.3, 0.4) is 0 Å². The first kappa shape index (κ1) is 14.6. The molecule has 1 aromatic carbocycles. The molecule has 0 bridgehead atoms. The summed E-state index contributed by atoms with van der Waals surface area (Å²) in [5.41, 5.74) is 1.10. The molecule has 0 unspecified atom stereocenters. The van der Waals surface area contributed by atoms with Crippen molar-refractivity contribution in [2.24, 2.45) is 11.8 Å². The van der Waals surface area contributed by atoms with Gasteiger partial charge in [-0.25, -0.2) is 0 Å². The van der Waals surface area contributed by atoms with Crippen LogP contribution in [0.1, 0.15) is 31.2 Å². The number of nitrogens with one attached hydrogen (secondary N) is 1. The number of hydrogen-bond donors (Lipinski definition) is 1. The maximum Gasteiger partial charge on any atom is 0.308 e. The summed E-state index contributed by atoms with van der Waals surface area (Å²) in [6.07, 6.45) is 3.02. The van der Waals surface area contributed by atoms with Gasteiger partial charge in [0.15, 0.2) is 0 Å². The molecular formula is C16H21NO3. The second kappa shape index (κ2) is 7.08. The van der Waals surface area contributed by atoms with Crippen LogP contribution in [0.4, 0.5) is 0 Å². The van der Waals surface area contributed by atoms with E-state index in [4.69, 9.17) is 4.74 Å². The van der Waals surface area contributed by atoms with Gasteiger partial charge in [-0.15, -0.1) is 0 Å². The first-order chi connectivity index (χ1) is 9.70. The van der Waals surface area contributed by atoms with Gasteiger partial charge in [-0.1, -0.05) is 30.3 Å². The van der Waals surface area contributed by atoms with Crippen LogP contribution in [-0.2, 0) is 20.9 Å². The Kier molecular flexibility index (Phi) is 5.16. The average molecular weight is 275 g/mol. The van der Waals surface area contributed by atoms with Crippen LogP contribution in [0.2, 0.25) is 0 Å². The number of carbonyl (C=O) groups is 2.